The van der Waals surface area contributed by atoms with Gasteiger partial charge in [-0.25, -0.2) is 17.5 Å². The highest BCUT2D eigenvalue weighted by Crippen LogP contribution is 2.47. The molecule has 36 heavy (non-hydrogen) atoms. The smallest absolute Gasteiger partial charge is 0.237 e. The Balaban J connectivity index is 1.42. The van der Waals surface area contributed by atoms with Crippen LogP contribution in [0.4, 0.5) is 4.39 Å². The lowest BCUT2D eigenvalue weighted by molar-refractivity contribution is 0.383. The number of hydrogen-bond donors (Lipinski definition) is 0. The molecule has 5 rings (SSSR count). The Labute approximate surface area is 209 Å². The minimum atomic E-state index is -3.90. The zero-order valence-electron chi connectivity index (χ0n) is 19.7. The van der Waals surface area contributed by atoms with Crippen LogP contribution in [0.3, 0.4) is 0 Å². The predicted molar refractivity (Wildman–Crippen MR) is 131 cm³/mol. The van der Waals surface area contributed by atoms with Gasteiger partial charge in [-0.05, 0) is 67.3 Å². The highest BCUT2D eigenvalue weighted by atomic mass is 32.2. The zero-order chi connectivity index (χ0) is 25.4. The molecule has 0 aliphatic heterocycles. The van der Waals surface area contributed by atoms with E-state index in [4.69, 9.17) is 5.26 Å². The molecular formula is C27H24FN5O2S. The summed E-state index contributed by atoms with van der Waals surface area (Å²) in [7, 11) is -3.90. The van der Waals surface area contributed by atoms with E-state index in [0.29, 0.717) is 12.0 Å². The molecule has 0 bridgehead atoms. The van der Waals surface area contributed by atoms with E-state index < -0.39 is 10.0 Å². The van der Waals surface area contributed by atoms with Crippen LogP contribution in [0.2, 0.25) is 0 Å². The number of hydrogen-bond acceptors (Lipinski definition) is 5. The Morgan fingerprint density at radius 2 is 1.86 bits per heavy atom. The van der Waals surface area contributed by atoms with E-state index in [2.05, 4.69) is 12.0 Å². The minimum Gasteiger partial charge on any atom is -0.237 e. The van der Waals surface area contributed by atoms with Gasteiger partial charge < -0.3 is 0 Å². The van der Waals surface area contributed by atoms with E-state index >= 15 is 0 Å². The molecule has 2 aromatic carbocycles. The average molecular weight is 502 g/mol. The molecule has 2 atom stereocenters. The van der Waals surface area contributed by atoms with Gasteiger partial charge in [0.2, 0.25) is 10.0 Å². The van der Waals surface area contributed by atoms with Gasteiger partial charge in [0.05, 0.1) is 40.2 Å². The van der Waals surface area contributed by atoms with Crippen molar-refractivity contribution in [1.82, 2.24) is 14.1 Å². The third-order valence-electron chi connectivity index (χ3n) is 7.22. The molecule has 0 radical (unpaired) electrons. The van der Waals surface area contributed by atoms with Crippen LogP contribution >= 0.6 is 0 Å². The van der Waals surface area contributed by atoms with Crippen LogP contribution < -0.4 is 0 Å². The monoisotopic (exact) mass is 501 g/mol. The maximum atomic E-state index is 13.4. The van der Waals surface area contributed by atoms with Crippen LogP contribution in [-0.2, 0) is 16.4 Å². The molecular weight excluding hydrogens is 477 g/mol. The number of rotatable bonds is 6. The lowest BCUT2D eigenvalue weighted by atomic mass is 9.80. The molecule has 0 saturated carbocycles. The fourth-order valence-corrected chi connectivity index (χ4v) is 6.88. The summed E-state index contributed by atoms with van der Waals surface area (Å²) < 4.78 is 43.3. The Hall–Kier alpha value is -3.79. The fraction of sp³-hybridized carbons (Fsp3) is 0.296. The van der Waals surface area contributed by atoms with E-state index in [-0.39, 0.29) is 35.6 Å². The van der Waals surface area contributed by atoms with Crippen molar-refractivity contribution in [2.45, 2.75) is 37.0 Å². The van der Waals surface area contributed by atoms with E-state index in [1.54, 1.807) is 12.1 Å². The molecule has 1 heterocycles. The summed E-state index contributed by atoms with van der Waals surface area (Å²) in [5.74, 6) is -0.236. The van der Waals surface area contributed by atoms with Gasteiger partial charge in [-0.3, -0.25) is 0 Å². The largest absolute Gasteiger partial charge is 0.244 e. The summed E-state index contributed by atoms with van der Waals surface area (Å²) in [6, 6.07) is 16.0. The first-order chi connectivity index (χ1) is 17.3. The van der Waals surface area contributed by atoms with Crippen molar-refractivity contribution in [3.8, 4) is 17.8 Å². The van der Waals surface area contributed by atoms with Crippen LogP contribution in [0.5, 0.6) is 0 Å². The topological polar surface area (TPSA) is 103 Å². The lowest BCUT2D eigenvalue weighted by Gasteiger charge is -2.30. The van der Waals surface area contributed by atoms with Gasteiger partial charge in [-0.1, -0.05) is 18.1 Å². The van der Waals surface area contributed by atoms with E-state index in [0.717, 1.165) is 29.8 Å². The standard InChI is InChI=1S/C27H24FN5O2S/c1-18-25-16-31-33(23-8-6-22(28)7-9-23)26(25)14-20-4-5-21(27(18)20)17-32(13-12-29)36(34,35)24-10-2-19(15-30)3-11-24/h2-3,6-11,16,18,21H,4-5,13-14,17H2,1H3/t18-,21+/m0/s1. The fourth-order valence-electron chi connectivity index (χ4n) is 5.50. The summed E-state index contributed by atoms with van der Waals surface area (Å²) >= 11 is 0. The summed E-state index contributed by atoms with van der Waals surface area (Å²) in [6.45, 7) is 2.09. The Bertz CT molecular complexity index is 1530. The molecule has 2 aliphatic carbocycles. The van der Waals surface area contributed by atoms with Crippen LogP contribution in [0.25, 0.3) is 5.69 Å². The minimum absolute atomic E-state index is 0.00109. The third kappa shape index (κ3) is 4.11. The molecule has 9 heteroatoms. The second-order valence-corrected chi connectivity index (χ2v) is 11.2. The zero-order valence-corrected chi connectivity index (χ0v) is 20.5. The van der Waals surface area contributed by atoms with Crippen LogP contribution in [0.1, 0.15) is 42.5 Å². The summed E-state index contributed by atoms with van der Waals surface area (Å²) in [5.41, 5.74) is 5.87. The maximum Gasteiger partial charge on any atom is 0.244 e. The number of benzene rings is 2. The van der Waals surface area contributed by atoms with Crippen molar-refractivity contribution in [2.24, 2.45) is 5.92 Å². The maximum absolute atomic E-state index is 13.4. The molecule has 2 aliphatic rings. The molecule has 3 aromatic rings. The number of halogens is 1. The number of aromatic nitrogens is 2. The van der Waals surface area contributed by atoms with Crippen molar-refractivity contribution in [1.29, 1.82) is 10.5 Å². The average Bonchev–Trinajstić information content (AvgIpc) is 3.49. The van der Waals surface area contributed by atoms with Gasteiger partial charge in [0.25, 0.3) is 0 Å². The molecule has 1 aromatic heterocycles. The number of fused-ring (bicyclic) bond motifs is 1. The number of nitriles is 2. The van der Waals surface area contributed by atoms with E-state index in [1.807, 2.05) is 23.0 Å². The first kappa shape index (κ1) is 23.9. The molecule has 0 amide bonds. The number of sulfonamides is 1. The molecule has 0 N–H and O–H groups in total. The van der Waals surface area contributed by atoms with Gasteiger partial charge >= 0.3 is 0 Å². The lowest BCUT2D eigenvalue weighted by Crippen LogP contribution is -2.36. The predicted octanol–water partition coefficient (Wildman–Crippen LogP) is 4.46. The molecule has 0 fully saturated rings. The van der Waals surface area contributed by atoms with Crippen molar-refractivity contribution in [2.75, 3.05) is 13.1 Å². The highest BCUT2D eigenvalue weighted by molar-refractivity contribution is 7.89. The highest BCUT2D eigenvalue weighted by Gasteiger charge is 2.38. The Morgan fingerprint density at radius 3 is 2.53 bits per heavy atom. The van der Waals surface area contributed by atoms with E-state index in [9.17, 15) is 18.1 Å². The number of allylic oxidation sites excluding steroid dienone is 1. The summed E-state index contributed by atoms with van der Waals surface area (Å²) in [5, 5.41) is 23.0. The van der Waals surface area contributed by atoms with Crippen LogP contribution in [0.15, 0.2) is 70.8 Å². The van der Waals surface area contributed by atoms with Gasteiger partial charge in [-0.15, -0.1) is 0 Å². The van der Waals surface area contributed by atoms with E-state index in [1.165, 1.54) is 51.8 Å². The van der Waals surface area contributed by atoms with Crippen molar-refractivity contribution in [3.05, 3.63) is 88.5 Å². The third-order valence-corrected chi connectivity index (χ3v) is 9.05. The van der Waals surface area contributed by atoms with Gasteiger partial charge in [0, 0.05) is 24.4 Å². The summed E-state index contributed by atoms with van der Waals surface area (Å²) in [6.07, 6.45) is 4.23. The molecule has 0 unspecified atom stereocenters. The summed E-state index contributed by atoms with van der Waals surface area (Å²) in [4.78, 5) is 0.0727. The van der Waals surface area contributed by atoms with Gasteiger partial charge in [0.1, 0.15) is 12.4 Å². The van der Waals surface area contributed by atoms with Crippen molar-refractivity contribution in [3.63, 3.8) is 0 Å². The Morgan fingerprint density at radius 1 is 1.14 bits per heavy atom. The van der Waals surface area contributed by atoms with Gasteiger partial charge in [0.15, 0.2) is 0 Å². The second kappa shape index (κ2) is 9.34. The van der Waals surface area contributed by atoms with Crippen LogP contribution in [0, 0.1) is 34.4 Å². The van der Waals surface area contributed by atoms with Crippen molar-refractivity contribution < 1.29 is 12.8 Å². The number of nitrogens with zero attached hydrogens (tertiary/aromatic N) is 5. The normalized spacial score (nSPS) is 19.0. The second-order valence-electron chi connectivity index (χ2n) is 9.22. The first-order valence-electron chi connectivity index (χ1n) is 11.7. The quantitative estimate of drug-likeness (QED) is 0.366. The molecule has 182 valence electrons. The van der Waals surface area contributed by atoms with Gasteiger partial charge in [-0.2, -0.15) is 19.9 Å². The molecule has 7 nitrogen and oxygen atoms in total. The van der Waals surface area contributed by atoms with Crippen molar-refractivity contribution >= 4 is 10.0 Å². The molecule has 0 spiro atoms. The van der Waals surface area contributed by atoms with Crippen LogP contribution in [-0.4, -0.2) is 35.6 Å². The first-order valence-corrected chi connectivity index (χ1v) is 13.2. The molecule has 0 saturated heterocycles. The SMILES string of the molecule is C[C@@H]1C2=C(CC[C@@H]2CN(CC#N)S(=O)(=O)c2ccc(C#N)cc2)Cc2c1cnn2-c1ccc(F)cc1. The Kier molecular flexibility index (Phi) is 6.21.